The van der Waals surface area contributed by atoms with Crippen molar-refractivity contribution >= 4 is 22.2 Å². The molecule has 0 saturated carbocycles. The lowest BCUT2D eigenvalue weighted by Crippen LogP contribution is -2.10. The van der Waals surface area contributed by atoms with Gasteiger partial charge in [-0.05, 0) is 6.07 Å². The second-order valence-electron chi connectivity index (χ2n) is 5.07. The van der Waals surface area contributed by atoms with E-state index in [0.717, 1.165) is 0 Å². The summed E-state index contributed by atoms with van der Waals surface area (Å²) in [6.45, 7) is 0. The summed E-state index contributed by atoms with van der Waals surface area (Å²) in [6.07, 6.45) is 0. The maximum atomic E-state index is 12.6. The molecule has 6 nitrogen and oxygen atoms in total. The van der Waals surface area contributed by atoms with Crippen molar-refractivity contribution in [3.63, 3.8) is 0 Å². The number of benzene rings is 2. The number of rotatable bonds is 1. The van der Waals surface area contributed by atoms with E-state index in [4.69, 9.17) is 0 Å². The first-order valence-electron chi connectivity index (χ1n) is 6.56. The lowest BCUT2D eigenvalue weighted by atomic mass is 10.0. The van der Waals surface area contributed by atoms with Gasteiger partial charge in [-0.3, -0.25) is 19.7 Å². The van der Waals surface area contributed by atoms with Crippen molar-refractivity contribution < 1.29 is 9.72 Å². The van der Waals surface area contributed by atoms with Crippen molar-refractivity contribution in [1.82, 2.24) is 4.98 Å². The number of fused-ring (bicyclic) bond motifs is 5. The van der Waals surface area contributed by atoms with Gasteiger partial charge in [0, 0.05) is 34.0 Å². The molecule has 0 aliphatic heterocycles. The van der Waals surface area contributed by atoms with Crippen LogP contribution in [-0.2, 0) is 0 Å². The number of hydrogen-bond acceptors (Lipinski definition) is 4. The number of nitrogens with one attached hydrogen (secondary N) is 1. The van der Waals surface area contributed by atoms with Gasteiger partial charge >= 0.3 is 0 Å². The largest absolute Gasteiger partial charge is 0.321 e. The summed E-state index contributed by atoms with van der Waals surface area (Å²) in [4.78, 5) is 37.9. The summed E-state index contributed by atoms with van der Waals surface area (Å²) in [7, 11) is 0. The molecule has 1 aliphatic rings. The smallest absolute Gasteiger partial charge is 0.270 e. The number of aromatic nitrogens is 1. The van der Waals surface area contributed by atoms with Crippen LogP contribution in [0.1, 0.15) is 15.9 Å². The molecule has 0 spiro atoms. The van der Waals surface area contributed by atoms with E-state index in [1.54, 1.807) is 24.3 Å². The van der Waals surface area contributed by atoms with Gasteiger partial charge in [0.1, 0.15) is 0 Å². The highest BCUT2D eigenvalue weighted by Crippen LogP contribution is 2.38. The quantitative estimate of drug-likeness (QED) is 0.431. The van der Waals surface area contributed by atoms with Crippen LogP contribution in [0.25, 0.3) is 22.0 Å². The van der Waals surface area contributed by atoms with E-state index in [1.165, 1.54) is 18.2 Å². The van der Waals surface area contributed by atoms with Crippen LogP contribution in [0.2, 0.25) is 0 Å². The second kappa shape index (κ2) is 4.11. The first-order valence-corrected chi connectivity index (χ1v) is 6.56. The summed E-state index contributed by atoms with van der Waals surface area (Å²) in [5, 5.41) is 11.5. The van der Waals surface area contributed by atoms with Crippen molar-refractivity contribution in [3.8, 4) is 11.3 Å². The highest BCUT2D eigenvalue weighted by molar-refractivity contribution is 6.26. The number of carbonyl (C=O) groups is 1. The van der Waals surface area contributed by atoms with Crippen molar-refractivity contribution in [1.29, 1.82) is 0 Å². The van der Waals surface area contributed by atoms with E-state index in [2.05, 4.69) is 4.98 Å². The molecular formula is C16H8N2O4. The Kier molecular flexibility index (Phi) is 2.33. The molecule has 3 aromatic rings. The lowest BCUT2D eigenvalue weighted by Gasteiger charge is -2.04. The number of nitro benzene ring substituents is 1. The van der Waals surface area contributed by atoms with E-state index in [-0.39, 0.29) is 22.4 Å². The molecule has 1 heterocycles. The summed E-state index contributed by atoms with van der Waals surface area (Å²) < 4.78 is 0. The zero-order chi connectivity index (χ0) is 15.4. The number of carbonyl (C=O) groups excluding carboxylic acids is 1. The van der Waals surface area contributed by atoms with Gasteiger partial charge in [0.2, 0.25) is 0 Å². The summed E-state index contributed by atoms with van der Waals surface area (Å²) in [5.41, 5.74) is 1.37. The highest BCUT2D eigenvalue weighted by Gasteiger charge is 2.30. The van der Waals surface area contributed by atoms with Crippen LogP contribution in [0.4, 0.5) is 5.69 Å². The first-order chi connectivity index (χ1) is 10.6. The zero-order valence-corrected chi connectivity index (χ0v) is 11.1. The van der Waals surface area contributed by atoms with E-state index in [9.17, 15) is 19.7 Å². The van der Waals surface area contributed by atoms with Crippen LogP contribution < -0.4 is 5.56 Å². The van der Waals surface area contributed by atoms with E-state index in [0.29, 0.717) is 27.8 Å². The molecular weight excluding hydrogens is 284 g/mol. The van der Waals surface area contributed by atoms with Gasteiger partial charge in [-0.25, -0.2) is 0 Å². The predicted octanol–water partition coefficient (Wildman–Crippen LogP) is 2.65. The van der Waals surface area contributed by atoms with Crippen molar-refractivity contribution in [2.75, 3.05) is 0 Å². The van der Waals surface area contributed by atoms with Crippen molar-refractivity contribution in [2.24, 2.45) is 0 Å². The van der Waals surface area contributed by atoms with Crippen LogP contribution in [-0.4, -0.2) is 15.7 Å². The third-order valence-corrected chi connectivity index (χ3v) is 3.88. The highest BCUT2D eigenvalue weighted by atomic mass is 16.6. The zero-order valence-electron chi connectivity index (χ0n) is 11.1. The number of nitrogens with zero attached hydrogens (tertiary/aromatic N) is 1. The molecule has 0 saturated heterocycles. The van der Waals surface area contributed by atoms with Gasteiger partial charge in [0.05, 0.1) is 16.2 Å². The summed E-state index contributed by atoms with van der Waals surface area (Å²) in [6, 6.07) is 10.9. The molecule has 1 N–H and O–H groups in total. The number of pyridine rings is 1. The third-order valence-electron chi connectivity index (χ3n) is 3.88. The van der Waals surface area contributed by atoms with Gasteiger partial charge in [-0.2, -0.15) is 0 Å². The van der Waals surface area contributed by atoms with Crippen molar-refractivity contribution in [2.45, 2.75) is 0 Å². The minimum Gasteiger partial charge on any atom is -0.321 e. The number of non-ortho nitro benzene ring substituents is 1. The monoisotopic (exact) mass is 292 g/mol. The molecule has 0 atom stereocenters. The third kappa shape index (κ3) is 1.49. The minimum atomic E-state index is -0.542. The number of hydrogen-bond donors (Lipinski definition) is 1. The Balaban J connectivity index is 2.18. The standard InChI is InChI=1S/C16H8N2O4/c19-15-10-4-2-1-3-9(10)14-13(15)12-7-8(18(21)22)5-6-11(12)16(20)17-14/h1-7H,(H,17,20). The van der Waals surface area contributed by atoms with E-state index in [1.807, 2.05) is 0 Å². The number of H-pyrrole nitrogens is 1. The van der Waals surface area contributed by atoms with E-state index < -0.39 is 4.92 Å². The Morgan fingerprint density at radius 3 is 2.41 bits per heavy atom. The molecule has 0 fully saturated rings. The molecule has 0 radical (unpaired) electrons. The topological polar surface area (TPSA) is 93.1 Å². The molecule has 106 valence electrons. The Morgan fingerprint density at radius 1 is 0.955 bits per heavy atom. The molecule has 0 amide bonds. The Hall–Kier alpha value is -3.28. The van der Waals surface area contributed by atoms with Crippen LogP contribution in [0.3, 0.4) is 0 Å². The normalized spacial score (nSPS) is 12.3. The van der Waals surface area contributed by atoms with Gasteiger partial charge in [-0.1, -0.05) is 24.3 Å². The first kappa shape index (κ1) is 12.5. The molecule has 0 unspecified atom stereocenters. The molecule has 1 aromatic heterocycles. The summed E-state index contributed by atoms with van der Waals surface area (Å²) >= 11 is 0. The van der Waals surface area contributed by atoms with Gasteiger partial charge in [0.15, 0.2) is 5.78 Å². The lowest BCUT2D eigenvalue weighted by molar-refractivity contribution is -0.384. The second-order valence-corrected chi connectivity index (χ2v) is 5.07. The predicted molar refractivity (Wildman–Crippen MR) is 80.1 cm³/mol. The van der Waals surface area contributed by atoms with Gasteiger partial charge in [0.25, 0.3) is 11.2 Å². The molecule has 22 heavy (non-hydrogen) atoms. The van der Waals surface area contributed by atoms with E-state index >= 15 is 0 Å². The fraction of sp³-hybridized carbons (Fsp3) is 0. The molecule has 4 rings (SSSR count). The van der Waals surface area contributed by atoms with Crippen LogP contribution in [0, 0.1) is 10.1 Å². The average Bonchev–Trinajstić information content (AvgIpc) is 2.80. The Bertz CT molecular complexity index is 1050. The van der Waals surface area contributed by atoms with Crippen molar-refractivity contribution in [3.05, 3.63) is 74.1 Å². The number of aromatic amines is 1. The number of nitro groups is 1. The Morgan fingerprint density at radius 2 is 1.68 bits per heavy atom. The average molecular weight is 292 g/mol. The Labute approximate surface area is 123 Å². The van der Waals surface area contributed by atoms with Crippen LogP contribution in [0.15, 0.2) is 47.3 Å². The molecule has 0 bridgehead atoms. The number of ketones is 1. The molecule has 1 aliphatic carbocycles. The maximum Gasteiger partial charge on any atom is 0.270 e. The SMILES string of the molecule is O=C1c2ccccc2-c2[nH]c(=O)c3ccc([N+](=O)[O-])cc3c21. The van der Waals surface area contributed by atoms with Gasteiger partial charge in [-0.15, -0.1) is 0 Å². The minimum absolute atomic E-state index is 0.149. The maximum absolute atomic E-state index is 12.6. The summed E-state index contributed by atoms with van der Waals surface area (Å²) in [5.74, 6) is -0.229. The molecule has 2 aromatic carbocycles. The van der Waals surface area contributed by atoms with Crippen LogP contribution in [0.5, 0.6) is 0 Å². The van der Waals surface area contributed by atoms with Crippen LogP contribution >= 0.6 is 0 Å². The molecule has 6 heteroatoms. The fourth-order valence-electron chi connectivity index (χ4n) is 2.90. The van der Waals surface area contributed by atoms with Gasteiger partial charge < -0.3 is 4.98 Å². The fourth-order valence-corrected chi connectivity index (χ4v) is 2.90.